The molecule has 2 amide bonds. The predicted molar refractivity (Wildman–Crippen MR) is 122 cm³/mol. The summed E-state index contributed by atoms with van der Waals surface area (Å²) in [7, 11) is -2.05. The minimum absolute atomic E-state index is 0.0957. The summed E-state index contributed by atoms with van der Waals surface area (Å²) in [5.74, 6) is 0.817. The van der Waals surface area contributed by atoms with Gasteiger partial charge in [-0.1, -0.05) is 35.3 Å². The predicted octanol–water partition coefficient (Wildman–Crippen LogP) is 3.65. The fraction of sp³-hybridized carbons (Fsp3) is 0.381. The van der Waals surface area contributed by atoms with Gasteiger partial charge in [-0.15, -0.1) is 0 Å². The van der Waals surface area contributed by atoms with Gasteiger partial charge in [-0.3, -0.25) is 0 Å². The zero-order valence-corrected chi connectivity index (χ0v) is 19.5. The van der Waals surface area contributed by atoms with Gasteiger partial charge < -0.3 is 15.0 Å². The Kier molecular flexibility index (Phi) is 8.05. The van der Waals surface area contributed by atoms with Crippen molar-refractivity contribution in [2.75, 3.05) is 39.8 Å². The number of hydrogen-bond acceptors (Lipinski definition) is 4. The fourth-order valence-electron chi connectivity index (χ4n) is 3.31. The van der Waals surface area contributed by atoms with Crippen LogP contribution in [0.1, 0.15) is 12.0 Å². The van der Waals surface area contributed by atoms with Crippen molar-refractivity contribution in [1.82, 2.24) is 14.5 Å². The fourth-order valence-corrected chi connectivity index (χ4v) is 5.12. The van der Waals surface area contributed by atoms with Gasteiger partial charge in [0.05, 0.1) is 22.1 Å². The molecule has 0 unspecified atom stereocenters. The van der Waals surface area contributed by atoms with Gasteiger partial charge in [0.25, 0.3) is 0 Å². The molecule has 1 saturated heterocycles. The lowest BCUT2D eigenvalue weighted by molar-refractivity contribution is 0.172. The van der Waals surface area contributed by atoms with Crippen LogP contribution >= 0.6 is 23.2 Å². The third-order valence-corrected chi connectivity index (χ3v) is 7.77. The summed E-state index contributed by atoms with van der Waals surface area (Å²) < 4.78 is 32.1. The number of ether oxygens (including phenoxy) is 1. The van der Waals surface area contributed by atoms with Crippen LogP contribution in [0.25, 0.3) is 0 Å². The van der Waals surface area contributed by atoms with Gasteiger partial charge >= 0.3 is 6.03 Å². The van der Waals surface area contributed by atoms with Crippen molar-refractivity contribution in [3.63, 3.8) is 0 Å². The number of benzene rings is 2. The number of amides is 2. The van der Waals surface area contributed by atoms with Crippen molar-refractivity contribution in [3.8, 4) is 5.75 Å². The monoisotopic (exact) mass is 485 g/mol. The first-order chi connectivity index (χ1) is 14.8. The Morgan fingerprint density at radius 2 is 1.71 bits per heavy atom. The van der Waals surface area contributed by atoms with Crippen LogP contribution in [0.3, 0.4) is 0 Å². The van der Waals surface area contributed by atoms with Crippen LogP contribution in [0.15, 0.2) is 47.4 Å². The Hall–Kier alpha value is -2.00. The first kappa shape index (κ1) is 23.7. The maximum absolute atomic E-state index is 12.8. The van der Waals surface area contributed by atoms with Crippen molar-refractivity contribution in [1.29, 1.82) is 0 Å². The standard InChI is InChI=1S/C21H25Cl2N3O4S/c1-30-17-6-4-16(5-7-17)3-2-10-24-21(27)25-11-13-26(14-12-25)31(28,29)18-8-9-19(22)20(23)15-18/h4-9,15H,2-3,10-14H2,1H3,(H,24,27). The van der Waals surface area contributed by atoms with Crippen LogP contribution in [0.2, 0.25) is 10.0 Å². The molecule has 10 heteroatoms. The number of rotatable bonds is 7. The molecule has 0 radical (unpaired) electrons. The third kappa shape index (κ3) is 6.04. The van der Waals surface area contributed by atoms with Gasteiger partial charge in [0.1, 0.15) is 5.75 Å². The molecule has 1 N–H and O–H groups in total. The van der Waals surface area contributed by atoms with E-state index >= 15 is 0 Å². The molecule has 0 spiro atoms. The Bertz CT molecular complexity index is 1010. The molecule has 0 saturated carbocycles. The summed E-state index contributed by atoms with van der Waals surface area (Å²) in [5.41, 5.74) is 1.18. The number of sulfonamides is 1. The van der Waals surface area contributed by atoms with Crippen LogP contribution in [0.4, 0.5) is 4.79 Å². The topological polar surface area (TPSA) is 79.0 Å². The number of nitrogens with zero attached hydrogens (tertiary/aromatic N) is 2. The maximum Gasteiger partial charge on any atom is 0.317 e. The molecule has 7 nitrogen and oxygen atoms in total. The highest BCUT2D eigenvalue weighted by atomic mass is 35.5. The Labute approximate surface area is 192 Å². The molecule has 0 aromatic heterocycles. The number of hydrogen-bond donors (Lipinski definition) is 1. The zero-order valence-electron chi connectivity index (χ0n) is 17.2. The molecule has 168 valence electrons. The average molecular weight is 486 g/mol. The number of piperazine rings is 1. The van der Waals surface area contributed by atoms with Crippen molar-refractivity contribution in [2.24, 2.45) is 0 Å². The van der Waals surface area contributed by atoms with Crippen LogP contribution in [0, 0.1) is 0 Å². The van der Waals surface area contributed by atoms with Crippen LogP contribution < -0.4 is 10.1 Å². The van der Waals surface area contributed by atoms with Crippen LogP contribution in [-0.2, 0) is 16.4 Å². The highest BCUT2D eigenvalue weighted by molar-refractivity contribution is 7.89. The Morgan fingerprint density at radius 1 is 1.03 bits per heavy atom. The van der Waals surface area contributed by atoms with Gasteiger partial charge in [0, 0.05) is 32.7 Å². The second-order valence-corrected chi connectivity index (χ2v) is 9.90. The third-order valence-electron chi connectivity index (χ3n) is 5.13. The lowest BCUT2D eigenvalue weighted by Crippen LogP contribution is -2.53. The largest absolute Gasteiger partial charge is 0.497 e. The van der Waals surface area contributed by atoms with E-state index in [2.05, 4.69) is 5.32 Å². The van der Waals surface area contributed by atoms with Gasteiger partial charge in [0.2, 0.25) is 10.0 Å². The molecule has 1 aliphatic heterocycles. The van der Waals surface area contributed by atoms with E-state index in [0.29, 0.717) is 24.7 Å². The second-order valence-electron chi connectivity index (χ2n) is 7.15. The lowest BCUT2D eigenvalue weighted by Gasteiger charge is -2.34. The molecule has 1 fully saturated rings. The first-order valence-electron chi connectivity index (χ1n) is 9.92. The van der Waals surface area contributed by atoms with E-state index < -0.39 is 10.0 Å². The minimum Gasteiger partial charge on any atom is -0.497 e. The van der Waals surface area contributed by atoms with Crippen molar-refractivity contribution >= 4 is 39.3 Å². The molecule has 0 bridgehead atoms. The summed E-state index contributed by atoms with van der Waals surface area (Å²) >= 11 is 11.8. The molecule has 31 heavy (non-hydrogen) atoms. The second kappa shape index (κ2) is 10.5. The number of aryl methyl sites for hydroxylation is 1. The summed E-state index contributed by atoms with van der Waals surface area (Å²) in [5, 5.41) is 3.40. The Balaban J connectivity index is 1.44. The Morgan fingerprint density at radius 3 is 2.32 bits per heavy atom. The van der Waals surface area contributed by atoms with Gasteiger partial charge in [-0.05, 0) is 48.7 Å². The summed E-state index contributed by atoms with van der Waals surface area (Å²) in [4.78, 5) is 14.1. The molecule has 0 aliphatic carbocycles. The molecule has 3 rings (SSSR count). The summed E-state index contributed by atoms with van der Waals surface area (Å²) in [6, 6.07) is 11.9. The number of carbonyl (C=O) groups is 1. The highest BCUT2D eigenvalue weighted by Crippen LogP contribution is 2.27. The van der Waals surface area contributed by atoms with Crippen LogP contribution in [-0.4, -0.2) is 63.5 Å². The number of halogens is 2. The van der Waals surface area contributed by atoms with E-state index in [1.807, 2.05) is 24.3 Å². The molecular formula is C21H25Cl2N3O4S. The normalized spacial score (nSPS) is 15.0. The molecule has 1 aliphatic rings. The first-order valence-corrected chi connectivity index (χ1v) is 12.1. The number of methoxy groups -OCH3 is 1. The summed E-state index contributed by atoms with van der Waals surface area (Å²) in [6.07, 6.45) is 1.66. The van der Waals surface area contributed by atoms with Crippen molar-refractivity contribution in [2.45, 2.75) is 17.7 Å². The number of urea groups is 1. The summed E-state index contributed by atoms with van der Waals surface area (Å²) in [6.45, 7) is 1.64. The number of nitrogens with one attached hydrogen (secondary N) is 1. The average Bonchev–Trinajstić information content (AvgIpc) is 2.78. The molecule has 0 atom stereocenters. The molecular weight excluding hydrogens is 461 g/mol. The van der Waals surface area contributed by atoms with Gasteiger partial charge in [0.15, 0.2) is 0 Å². The van der Waals surface area contributed by atoms with Crippen molar-refractivity contribution < 1.29 is 17.9 Å². The van der Waals surface area contributed by atoms with E-state index in [4.69, 9.17) is 27.9 Å². The van der Waals surface area contributed by atoms with Crippen LogP contribution in [0.5, 0.6) is 5.75 Å². The minimum atomic E-state index is -3.68. The quantitative estimate of drug-likeness (QED) is 0.606. The number of carbonyl (C=O) groups excluding carboxylic acids is 1. The van der Waals surface area contributed by atoms with Gasteiger partial charge in [-0.2, -0.15) is 4.31 Å². The van der Waals surface area contributed by atoms with E-state index in [0.717, 1.165) is 18.6 Å². The lowest BCUT2D eigenvalue weighted by atomic mass is 10.1. The van der Waals surface area contributed by atoms with Gasteiger partial charge in [-0.25, -0.2) is 13.2 Å². The van der Waals surface area contributed by atoms with E-state index in [1.54, 1.807) is 12.0 Å². The highest BCUT2D eigenvalue weighted by Gasteiger charge is 2.30. The molecule has 2 aromatic carbocycles. The maximum atomic E-state index is 12.8. The molecule has 1 heterocycles. The SMILES string of the molecule is COc1ccc(CCCNC(=O)N2CCN(S(=O)(=O)c3ccc(Cl)c(Cl)c3)CC2)cc1. The smallest absolute Gasteiger partial charge is 0.317 e. The van der Waals surface area contributed by atoms with E-state index in [-0.39, 0.29) is 29.0 Å². The molecule has 2 aromatic rings. The van der Waals surface area contributed by atoms with E-state index in [9.17, 15) is 13.2 Å². The zero-order chi connectivity index (χ0) is 22.4. The van der Waals surface area contributed by atoms with Crippen molar-refractivity contribution in [3.05, 3.63) is 58.1 Å². The van der Waals surface area contributed by atoms with E-state index in [1.165, 1.54) is 28.1 Å².